The first kappa shape index (κ1) is 19.4. The van der Waals surface area contributed by atoms with Crippen LogP contribution in [0, 0.1) is 6.92 Å². The predicted molar refractivity (Wildman–Crippen MR) is 114 cm³/mol. The zero-order chi connectivity index (χ0) is 20.4. The number of carbonyl (C=O) groups is 1. The summed E-state index contributed by atoms with van der Waals surface area (Å²) in [7, 11) is 0. The van der Waals surface area contributed by atoms with Crippen LogP contribution >= 0.6 is 11.6 Å². The van der Waals surface area contributed by atoms with Crippen molar-refractivity contribution < 1.29 is 9.32 Å². The minimum Gasteiger partial charge on any atom is -0.358 e. The molecule has 2 heterocycles. The largest absolute Gasteiger partial charge is 0.358 e. The average molecular weight is 408 g/mol. The molecule has 1 aromatic heterocycles. The Bertz CT molecular complexity index is 1070. The number of nitrogens with zero attached hydrogens (tertiary/aromatic N) is 2. The van der Waals surface area contributed by atoms with Crippen LogP contribution in [0.2, 0.25) is 5.02 Å². The molecule has 1 aliphatic rings. The van der Waals surface area contributed by atoms with Gasteiger partial charge in [0.25, 0.3) is 0 Å². The van der Waals surface area contributed by atoms with Crippen LogP contribution in [0.4, 0.5) is 0 Å². The quantitative estimate of drug-likeness (QED) is 0.638. The van der Waals surface area contributed by atoms with Gasteiger partial charge in [-0.3, -0.25) is 9.79 Å². The third kappa shape index (κ3) is 3.83. The number of hydrogen-bond donors (Lipinski definition) is 1. The Morgan fingerprint density at radius 1 is 1.14 bits per heavy atom. The van der Waals surface area contributed by atoms with Gasteiger partial charge >= 0.3 is 0 Å². The van der Waals surface area contributed by atoms with Crippen LogP contribution in [-0.2, 0) is 4.79 Å². The van der Waals surface area contributed by atoms with Crippen molar-refractivity contribution in [1.29, 1.82) is 0 Å². The molecule has 0 saturated carbocycles. The van der Waals surface area contributed by atoms with Gasteiger partial charge in [-0.15, -0.1) is 0 Å². The molecule has 0 bridgehead atoms. The van der Waals surface area contributed by atoms with Gasteiger partial charge in [0.15, 0.2) is 5.76 Å². The third-order valence-electron chi connectivity index (χ3n) is 5.00. The molecule has 0 fully saturated rings. The Morgan fingerprint density at radius 3 is 2.59 bits per heavy atom. The normalized spacial score (nSPS) is 15.1. The Morgan fingerprint density at radius 2 is 1.86 bits per heavy atom. The number of amides is 1. The number of aryl methyl sites for hydroxylation is 1. The first-order chi connectivity index (χ1) is 14.1. The summed E-state index contributed by atoms with van der Waals surface area (Å²) in [6.07, 6.45) is 1.08. The molecule has 0 aliphatic carbocycles. The van der Waals surface area contributed by atoms with Crippen LogP contribution in [0.1, 0.15) is 48.4 Å². The number of hydrogen-bond acceptors (Lipinski definition) is 4. The maximum absolute atomic E-state index is 12.5. The number of nitrogens with one attached hydrogen (secondary N) is 1. The number of aliphatic imine (C=N–C) groups is 1. The molecule has 0 spiro atoms. The van der Waals surface area contributed by atoms with E-state index in [9.17, 15) is 4.79 Å². The smallest absolute Gasteiger partial charge is 0.222 e. The van der Waals surface area contributed by atoms with Crippen molar-refractivity contribution in [2.24, 2.45) is 4.99 Å². The zero-order valence-corrected chi connectivity index (χ0v) is 17.2. The Kier molecular flexibility index (Phi) is 5.49. The fourth-order valence-corrected chi connectivity index (χ4v) is 3.75. The number of aromatic nitrogens is 1. The summed E-state index contributed by atoms with van der Waals surface area (Å²) in [5.41, 5.74) is 5.46. The zero-order valence-electron chi connectivity index (χ0n) is 16.4. The summed E-state index contributed by atoms with van der Waals surface area (Å²) >= 11 is 6.09. The van der Waals surface area contributed by atoms with Gasteiger partial charge in [0.2, 0.25) is 5.91 Å². The molecule has 5 nitrogen and oxygen atoms in total. The lowest BCUT2D eigenvalue weighted by atomic mass is 9.93. The number of benzene rings is 2. The van der Waals surface area contributed by atoms with Crippen molar-refractivity contribution in [3.05, 3.63) is 76.1 Å². The van der Waals surface area contributed by atoms with E-state index in [1.54, 1.807) is 0 Å². The van der Waals surface area contributed by atoms with Crippen molar-refractivity contribution in [1.82, 2.24) is 10.5 Å². The second-order valence-electron chi connectivity index (χ2n) is 7.11. The molecule has 0 radical (unpaired) electrons. The average Bonchev–Trinajstić information content (AvgIpc) is 3.05. The molecule has 148 valence electrons. The van der Waals surface area contributed by atoms with Crippen molar-refractivity contribution in [3.63, 3.8) is 0 Å². The monoisotopic (exact) mass is 407 g/mol. The maximum Gasteiger partial charge on any atom is 0.222 e. The molecule has 29 heavy (non-hydrogen) atoms. The molecule has 6 heteroatoms. The Hall–Kier alpha value is -2.92. The van der Waals surface area contributed by atoms with Crippen LogP contribution < -0.4 is 5.32 Å². The van der Waals surface area contributed by atoms with E-state index < -0.39 is 6.04 Å². The highest BCUT2D eigenvalue weighted by atomic mass is 35.5. The summed E-state index contributed by atoms with van der Waals surface area (Å²) in [4.78, 5) is 17.5. The lowest BCUT2D eigenvalue weighted by molar-refractivity contribution is -0.121. The summed E-state index contributed by atoms with van der Waals surface area (Å²) in [6, 6.07) is 15.2. The van der Waals surface area contributed by atoms with E-state index in [0.29, 0.717) is 17.3 Å². The molecule has 1 atom stereocenters. The molecule has 1 N–H and O–H groups in total. The van der Waals surface area contributed by atoms with E-state index in [1.165, 1.54) is 0 Å². The molecular formula is C23H22ClN3O2. The van der Waals surface area contributed by atoms with E-state index >= 15 is 0 Å². The van der Waals surface area contributed by atoms with Crippen LogP contribution in [-0.4, -0.2) is 23.3 Å². The van der Waals surface area contributed by atoms with Crippen molar-refractivity contribution in [2.75, 3.05) is 6.54 Å². The topological polar surface area (TPSA) is 67.5 Å². The van der Waals surface area contributed by atoms with Gasteiger partial charge in [0.05, 0.1) is 23.4 Å². The maximum atomic E-state index is 12.5. The van der Waals surface area contributed by atoms with Crippen LogP contribution in [0.3, 0.4) is 0 Å². The Labute approximate surface area is 174 Å². The second-order valence-corrected chi connectivity index (χ2v) is 7.54. The second kappa shape index (κ2) is 8.21. The fraction of sp³-hybridized carbons (Fsp3) is 0.261. The molecule has 1 aliphatic heterocycles. The number of fused-ring (bicyclic) bond motifs is 3. The van der Waals surface area contributed by atoms with E-state index in [2.05, 4.69) is 10.5 Å². The number of rotatable bonds is 5. The van der Waals surface area contributed by atoms with Gasteiger partial charge in [0.1, 0.15) is 6.04 Å². The van der Waals surface area contributed by atoms with E-state index in [-0.39, 0.29) is 12.3 Å². The van der Waals surface area contributed by atoms with Crippen molar-refractivity contribution in [3.8, 4) is 11.1 Å². The minimum atomic E-state index is -0.457. The van der Waals surface area contributed by atoms with Gasteiger partial charge in [-0.2, -0.15) is 0 Å². The van der Waals surface area contributed by atoms with Gasteiger partial charge in [0, 0.05) is 22.7 Å². The molecule has 3 aromatic rings. The van der Waals surface area contributed by atoms with Gasteiger partial charge < -0.3 is 9.84 Å². The van der Waals surface area contributed by atoms with E-state index in [0.717, 1.165) is 40.1 Å². The van der Waals surface area contributed by atoms with Crippen LogP contribution in [0.5, 0.6) is 0 Å². The molecule has 4 rings (SSSR count). The van der Waals surface area contributed by atoms with E-state index in [1.807, 2.05) is 62.4 Å². The lowest BCUT2D eigenvalue weighted by Gasteiger charge is -2.12. The molecular weight excluding hydrogens is 386 g/mol. The van der Waals surface area contributed by atoms with Gasteiger partial charge in [-0.1, -0.05) is 60.1 Å². The van der Waals surface area contributed by atoms with Gasteiger partial charge in [-0.25, -0.2) is 0 Å². The van der Waals surface area contributed by atoms with Crippen molar-refractivity contribution in [2.45, 2.75) is 32.7 Å². The first-order valence-electron chi connectivity index (χ1n) is 9.75. The highest BCUT2D eigenvalue weighted by molar-refractivity contribution is 6.30. The first-order valence-corrected chi connectivity index (χ1v) is 10.1. The standard InChI is InChI=1S/C23H22ClN3O2/c1-3-12-25-20(28)13-19-23-21(14(2)27-29-23)17-6-4-5-7-18(17)22(26-19)15-8-10-16(24)11-9-15/h4-11,19H,3,12-13H2,1-2H3,(H,25,28)/t19-/m0/s1. The summed E-state index contributed by atoms with van der Waals surface area (Å²) < 4.78 is 5.69. The fourth-order valence-electron chi connectivity index (χ4n) is 3.62. The lowest BCUT2D eigenvalue weighted by Crippen LogP contribution is -2.25. The molecule has 2 aromatic carbocycles. The van der Waals surface area contributed by atoms with Gasteiger partial charge in [-0.05, 0) is 31.0 Å². The molecule has 0 unspecified atom stereocenters. The SMILES string of the molecule is CCCNC(=O)C[C@@H]1N=C(c2ccc(Cl)cc2)c2ccccc2-c2c(C)noc21. The molecule has 0 saturated heterocycles. The number of carbonyl (C=O) groups excluding carboxylic acids is 1. The summed E-state index contributed by atoms with van der Waals surface area (Å²) in [5.74, 6) is 0.576. The van der Waals surface area contributed by atoms with Crippen molar-refractivity contribution >= 4 is 23.2 Å². The van der Waals surface area contributed by atoms with Crippen LogP contribution in [0.15, 0.2) is 58.0 Å². The highest BCUT2D eigenvalue weighted by Gasteiger charge is 2.31. The summed E-state index contributed by atoms with van der Waals surface area (Å²) in [5, 5.41) is 7.77. The third-order valence-corrected chi connectivity index (χ3v) is 5.25. The number of halogens is 1. The summed E-state index contributed by atoms with van der Waals surface area (Å²) in [6.45, 7) is 4.58. The highest BCUT2D eigenvalue weighted by Crippen LogP contribution is 2.40. The molecule has 1 amide bonds. The van der Waals surface area contributed by atoms with Crippen LogP contribution in [0.25, 0.3) is 11.1 Å². The Balaban J connectivity index is 1.87. The predicted octanol–water partition coefficient (Wildman–Crippen LogP) is 5.11. The minimum absolute atomic E-state index is 0.0537. The van der Waals surface area contributed by atoms with E-state index in [4.69, 9.17) is 21.1 Å².